The van der Waals surface area contributed by atoms with E-state index in [4.69, 9.17) is 4.74 Å². The van der Waals surface area contributed by atoms with Crippen LogP contribution in [0.5, 0.6) is 5.75 Å². The maximum atomic E-state index is 12.6. The maximum absolute atomic E-state index is 12.6. The van der Waals surface area contributed by atoms with Crippen LogP contribution in [0.3, 0.4) is 0 Å². The van der Waals surface area contributed by atoms with Gasteiger partial charge in [0.1, 0.15) is 12.4 Å². The Morgan fingerprint density at radius 1 is 1.11 bits per heavy atom. The summed E-state index contributed by atoms with van der Waals surface area (Å²) in [5.74, 6) is 0.658. The highest BCUT2D eigenvalue weighted by Crippen LogP contribution is 2.20. The largest absolute Gasteiger partial charge is 0.491 e. The van der Waals surface area contributed by atoms with E-state index in [0.29, 0.717) is 30.9 Å². The molecule has 0 saturated carbocycles. The number of rotatable bonds is 11. The van der Waals surface area contributed by atoms with Crippen molar-refractivity contribution in [2.24, 2.45) is 0 Å². The van der Waals surface area contributed by atoms with Crippen LogP contribution in [0.2, 0.25) is 0 Å². The van der Waals surface area contributed by atoms with Gasteiger partial charge in [-0.2, -0.15) is 0 Å². The summed E-state index contributed by atoms with van der Waals surface area (Å²) in [6.07, 6.45) is -0.261. The van der Waals surface area contributed by atoms with Gasteiger partial charge < -0.3 is 20.1 Å². The molecule has 0 amide bonds. The Kier molecular flexibility index (Phi) is 8.45. The van der Waals surface area contributed by atoms with Gasteiger partial charge in [0.15, 0.2) is 5.78 Å². The number of nitrogens with zero attached hydrogens (tertiary/aromatic N) is 1. The molecule has 0 fully saturated rings. The number of para-hydroxylation sites is 1. The van der Waals surface area contributed by atoms with E-state index in [2.05, 4.69) is 5.32 Å². The van der Waals surface area contributed by atoms with Gasteiger partial charge in [0.25, 0.3) is 0 Å². The van der Waals surface area contributed by atoms with E-state index >= 15 is 0 Å². The van der Waals surface area contributed by atoms with Crippen LogP contribution < -0.4 is 10.1 Å². The first-order chi connectivity index (χ1) is 13.0. The van der Waals surface area contributed by atoms with Crippen LogP contribution >= 0.6 is 0 Å². The first-order valence-electron chi connectivity index (χ1n) is 9.35. The molecule has 146 valence electrons. The average Bonchev–Trinajstić information content (AvgIpc) is 2.68. The van der Waals surface area contributed by atoms with Crippen LogP contribution in [-0.2, 0) is 0 Å². The molecule has 27 heavy (non-hydrogen) atoms. The van der Waals surface area contributed by atoms with Crippen LogP contribution in [-0.4, -0.2) is 55.6 Å². The molecule has 2 atom stereocenters. The second kappa shape index (κ2) is 10.8. The number of hydrogen-bond acceptors (Lipinski definition) is 5. The van der Waals surface area contributed by atoms with Gasteiger partial charge in [-0.25, -0.2) is 0 Å². The summed E-state index contributed by atoms with van der Waals surface area (Å²) in [5, 5.41) is 13.6. The minimum Gasteiger partial charge on any atom is -0.491 e. The molecule has 0 spiro atoms. The number of aliphatic hydroxyl groups excluding tert-OH is 1. The molecule has 2 rings (SSSR count). The van der Waals surface area contributed by atoms with Gasteiger partial charge in [-0.05, 0) is 38.7 Å². The lowest BCUT2D eigenvalue weighted by molar-refractivity contribution is 0.0968. The molecule has 2 N–H and O–H groups in total. The van der Waals surface area contributed by atoms with Crippen molar-refractivity contribution in [2.75, 3.05) is 33.8 Å². The fraction of sp³-hybridized carbons (Fsp3) is 0.409. The average molecular weight is 370 g/mol. The van der Waals surface area contributed by atoms with E-state index in [1.807, 2.05) is 74.4 Å². The molecule has 0 bridgehead atoms. The molecule has 2 aromatic rings. The zero-order valence-electron chi connectivity index (χ0n) is 16.4. The van der Waals surface area contributed by atoms with E-state index in [1.165, 1.54) is 0 Å². The van der Waals surface area contributed by atoms with Crippen molar-refractivity contribution in [3.63, 3.8) is 0 Å². The molecule has 2 aromatic carbocycles. The normalized spacial score (nSPS) is 13.4. The number of carbonyl (C=O) groups is 1. The molecule has 0 aliphatic rings. The zero-order chi connectivity index (χ0) is 19.6. The molecule has 5 nitrogen and oxygen atoms in total. The van der Waals surface area contributed by atoms with Crippen LogP contribution in [0.1, 0.15) is 35.4 Å². The number of hydrogen-bond donors (Lipinski definition) is 2. The third-order valence-corrected chi connectivity index (χ3v) is 4.42. The van der Waals surface area contributed by atoms with Gasteiger partial charge in [0.05, 0.1) is 11.7 Å². The topological polar surface area (TPSA) is 61.8 Å². The van der Waals surface area contributed by atoms with Gasteiger partial charge in [0, 0.05) is 25.6 Å². The first-order valence-corrected chi connectivity index (χ1v) is 9.35. The number of Topliss-reactive ketones (excluding diaryl/α,β-unsaturated/α-hetero) is 1. The molecule has 0 saturated heterocycles. The molecule has 2 unspecified atom stereocenters. The SMILES string of the molecule is CC(NCCC(=O)c1ccccc1OCCN(C)C)C(O)c1ccccc1. The van der Waals surface area contributed by atoms with Gasteiger partial charge in [-0.1, -0.05) is 42.5 Å². The zero-order valence-corrected chi connectivity index (χ0v) is 16.4. The summed E-state index contributed by atoms with van der Waals surface area (Å²) in [5.41, 5.74) is 1.47. The lowest BCUT2D eigenvalue weighted by Crippen LogP contribution is -2.33. The molecule has 0 heterocycles. The predicted octanol–water partition coefficient (Wildman–Crippen LogP) is 2.91. The number of ketones is 1. The van der Waals surface area contributed by atoms with Crippen LogP contribution in [0.4, 0.5) is 0 Å². The minimum atomic E-state index is -0.608. The highest BCUT2D eigenvalue weighted by Gasteiger charge is 2.17. The fourth-order valence-corrected chi connectivity index (χ4v) is 2.76. The molecule has 0 aromatic heterocycles. The highest BCUT2D eigenvalue weighted by atomic mass is 16.5. The number of aliphatic hydroxyl groups is 1. The van der Waals surface area contributed by atoms with Crippen molar-refractivity contribution in [3.05, 3.63) is 65.7 Å². The molecule has 5 heteroatoms. The molecule has 0 aliphatic heterocycles. The van der Waals surface area contributed by atoms with Crippen molar-refractivity contribution in [1.29, 1.82) is 0 Å². The highest BCUT2D eigenvalue weighted by molar-refractivity contribution is 5.98. The third kappa shape index (κ3) is 6.79. The summed E-state index contributed by atoms with van der Waals surface area (Å²) in [7, 11) is 3.97. The third-order valence-electron chi connectivity index (χ3n) is 4.42. The predicted molar refractivity (Wildman–Crippen MR) is 108 cm³/mol. The van der Waals surface area contributed by atoms with Crippen molar-refractivity contribution in [3.8, 4) is 5.75 Å². The van der Waals surface area contributed by atoms with Crippen molar-refractivity contribution in [1.82, 2.24) is 10.2 Å². The number of carbonyl (C=O) groups excluding carboxylic acids is 1. The second-order valence-electron chi connectivity index (χ2n) is 6.92. The number of benzene rings is 2. The Morgan fingerprint density at radius 3 is 2.48 bits per heavy atom. The maximum Gasteiger partial charge on any atom is 0.167 e. The van der Waals surface area contributed by atoms with Crippen molar-refractivity contribution >= 4 is 5.78 Å². The van der Waals surface area contributed by atoms with Crippen molar-refractivity contribution < 1.29 is 14.6 Å². The lowest BCUT2D eigenvalue weighted by atomic mass is 10.0. The Balaban J connectivity index is 1.85. The summed E-state index contributed by atoms with van der Waals surface area (Å²) in [6, 6.07) is 16.7. The number of likely N-dealkylation sites (N-methyl/N-ethyl adjacent to an activating group) is 1. The molecule has 0 radical (unpaired) electrons. The van der Waals surface area contributed by atoms with Crippen LogP contribution in [0.25, 0.3) is 0 Å². The van der Waals surface area contributed by atoms with Gasteiger partial charge >= 0.3 is 0 Å². The Bertz CT molecular complexity index is 704. The lowest BCUT2D eigenvalue weighted by Gasteiger charge is -2.20. The van der Waals surface area contributed by atoms with E-state index in [9.17, 15) is 9.90 Å². The Hall–Kier alpha value is -2.21. The smallest absolute Gasteiger partial charge is 0.167 e. The van der Waals surface area contributed by atoms with Gasteiger partial charge in [-0.3, -0.25) is 4.79 Å². The quantitative estimate of drug-likeness (QED) is 0.596. The summed E-state index contributed by atoms with van der Waals surface area (Å²) in [4.78, 5) is 14.6. The molecular weight excluding hydrogens is 340 g/mol. The van der Waals surface area contributed by atoms with Crippen LogP contribution in [0.15, 0.2) is 54.6 Å². The first kappa shape index (κ1) is 21.1. The van der Waals surface area contributed by atoms with E-state index in [0.717, 1.165) is 12.1 Å². The fourth-order valence-electron chi connectivity index (χ4n) is 2.76. The number of ether oxygens (including phenoxy) is 1. The second-order valence-corrected chi connectivity index (χ2v) is 6.92. The summed E-state index contributed by atoms with van der Waals surface area (Å²) >= 11 is 0. The van der Waals surface area contributed by atoms with E-state index in [-0.39, 0.29) is 11.8 Å². The summed E-state index contributed by atoms with van der Waals surface area (Å²) < 4.78 is 5.77. The summed E-state index contributed by atoms with van der Waals surface area (Å²) in [6.45, 7) is 3.74. The molecule has 0 aliphatic carbocycles. The Labute approximate surface area is 162 Å². The number of nitrogens with one attached hydrogen (secondary N) is 1. The standard InChI is InChI=1S/C22H30N2O3/c1-17(22(26)18-9-5-4-6-10-18)23-14-13-20(25)19-11-7-8-12-21(19)27-16-15-24(2)3/h4-12,17,22-23,26H,13-16H2,1-3H3. The van der Waals surface area contributed by atoms with E-state index < -0.39 is 6.10 Å². The van der Waals surface area contributed by atoms with Gasteiger partial charge in [-0.15, -0.1) is 0 Å². The van der Waals surface area contributed by atoms with Crippen LogP contribution in [0, 0.1) is 0 Å². The monoisotopic (exact) mass is 370 g/mol. The Morgan fingerprint density at radius 2 is 1.78 bits per heavy atom. The van der Waals surface area contributed by atoms with Gasteiger partial charge in [0.2, 0.25) is 0 Å². The van der Waals surface area contributed by atoms with E-state index in [1.54, 1.807) is 6.07 Å². The molecular formula is C22H30N2O3. The van der Waals surface area contributed by atoms with Crippen molar-refractivity contribution in [2.45, 2.75) is 25.5 Å². The minimum absolute atomic E-state index is 0.0318.